The zero-order valence-electron chi connectivity index (χ0n) is 14.3. The van der Waals surface area contributed by atoms with Crippen molar-refractivity contribution in [3.05, 3.63) is 53.7 Å². The molecule has 2 fully saturated rings. The number of aryl methyl sites for hydroxylation is 1. The van der Waals surface area contributed by atoms with Crippen LogP contribution >= 0.6 is 0 Å². The minimum atomic E-state index is -0.692. The second-order valence-corrected chi connectivity index (χ2v) is 7.33. The van der Waals surface area contributed by atoms with Crippen molar-refractivity contribution >= 4 is 0 Å². The Bertz CT molecular complexity index is 684. The Balaban J connectivity index is 1.60. The van der Waals surface area contributed by atoms with Gasteiger partial charge in [-0.1, -0.05) is 43.2 Å². The summed E-state index contributed by atoms with van der Waals surface area (Å²) < 4.78 is 5.37. The van der Waals surface area contributed by atoms with Crippen molar-refractivity contribution < 1.29 is 9.52 Å². The van der Waals surface area contributed by atoms with Crippen LogP contribution in [0, 0.1) is 12.8 Å². The molecule has 128 valence electrons. The van der Waals surface area contributed by atoms with Crippen LogP contribution in [0.15, 0.2) is 41.0 Å². The quantitative estimate of drug-likeness (QED) is 0.935. The summed E-state index contributed by atoms with van der Waals surface area (Å²) in [5, 5.41) is 11.6. The molecule has 1 aliphatic carbocycles. The van der Waals surface area contributed by atoms with E-state index in [9.17, 15) is 5.11 Å². The van der Waals surface area contributed by atoms with Crippen LogP contribution in [-0.2, 0) is 12.1 Å². The van der Waals surface area contributed by atoms with E-state index in [0.29, 0.717) is 12.0 Å². The third-order valence-corrected chi connectivity index (χ3v) is 5.90. The fourth-order valence-electron chi connectivity index (χ4n) is 4.74. The SMILES string of the molecule is Cc1nc(CN2CC[C@](O)(c3ccccc3)[C@@H]3CCCC[C@H]32)co1. The van der Waals surface area contributed by atoms with Gasteiger partial charge in [-0.25, -0.2) is 4.98 Å². The second-order valence-electron chi connectivity index (χ2n) is 7.33. The fraction of sp³-hybridized carbons (Fsp3) is 0.550. The van der Waals surface area contributed by atoms with Gasteiger partial charge in [0.25, 0.3) is 0 Å². The van der Waals surface area contributed by atoms with E-state index in [2.05, 4.69) is 22.0 Å². The summed E-state index contributed by atoms with van der Waals surface area (Å²) in [5.74, 6) is 1.03. The summed E-state index contributed by atoms with van der Waals surface area (Å²) in [7, 11) is 0. The highest BCUT2D eigenvalue weighted by Gasteiger charge is 2.48. The lowest BCUT2D eigenvalue weighted by Crippen LogP contribution is -2.57. The molecule has 3 atom stereocenters. The number of likely N-dealkylation sites (tertiary alicyclic amines) is 1. The van der Waals surface area contributed by atoms with Gasteiger partial charge in [0.05, 0.1) is 11.3 Å². The lowest BCUT2D eigenvalue weighted by atomic mass is 9.66. The van der Waals surface area contributed by atoms with Crippen molar-refractivity contribution in [3.8, 4) is 0 Å². The molecule has 24 heavy (non-hydrogen) atoms. The predicted molar refractivity (Wildman–Crippen MR) is 92.4 cm³/mol. The molecule has 1 N–H and O–H groups in total. The zero-order chi connectivity index (χ0) is 16.6. The van der Waals surface area contributed by atoms with Crippen LogP contribution in [0.2, 0.25) is 0 Å². The molecule has 4 heteroatoms. The number of oxazole rings is 1. The van der Waals surface area contributed by atoms with Crippen molar-refractivity contribution in [1.29, 1.82) is 0 Å². The molecule has 2 heterocycles. The summed E-state index contributed by atoms with van der Waals surface area (Å²) in [4.78, 5) is 6.98. The third kappa shape index (κ3) is 2.78. The largest absolute Gasteiger partial charge is 0.449 e. The smallest absolute Gasteiger partial charge is 0.191 e. The predicted octanol–water partition coefficient (Wildman–Crippen LogP) is 3.64. The van der Waals surface area contributed by atoms with Gasteiger partial charge >= 0.3 is 0 Å². The molecular weight excluding hydrogens is 300 g/mol. The van der Waals surface area contributed by atoms with Gasteiger partial charge in [-0.2, -0.15) is 0 Å². The molecule has 2 aromatic rings. The average molecular weight is 326 g/mol. The summed E-state index contributed by atoms with van der Waals surface area (Å²) in [6, 6.07) is 10.7. The highest BCUT2D eigenvalue weighted by Crippen LogP contribution is 2.47. The molecule has 4 rings (SSSR count). The Morgan fingerprint density at radius 3 is 2.79 bits per heavy atom. The lowest BCUT2D eigenvalue weighted by Gasteiger charge is -2.52. The van der Waals surface area contributed by atoms with E-state index in [1.165, 1.54) is 12.8 Å². The van der Waals surface area contributed by atoms with Crippen LogP contribution in [0.25, 0.3) is 0 Å². The van der Waals surface area contributed by atoms with Gasteiger partial charge in [-0.15, -0.1) is 0 Å². The standard InChI is InChI=1S/C20H26N2O2/c1-15-21-17(14-24-15)13-22-12-11-20(23,16-7-3-2-4-8-16)18-9-5-6-10-19(18)22/h2-4,7-8,14,18-19,23H,5-6,9-13H2,1H3/t18-,19-,20+/m1/s1. The number of hydrogen-bond donors (Lipinski definition) is 1. The number of piperidine rings is 1. The molecule has 1 aromatic carbocycles. The average Bonchev–Trinajstić information content (AvgIpc) is 3.03. The van der Waals surface area contributed by atoms with Crippen LogP contribution in [0.3, 0.4) is 0 Å². The van der Waals surface area contributed by atoms with Gasteiger partial charge in [0.1, 0.15) is 6.26 Å². The maximum Gasteiger partial charge on any atom is 0.191 e. The van der Waals surface area contributed by atoms with E-state index in [-0.39, 0.29) is 0 Å². The van der Waals surface area contributed by atoms with Crippen molar-refractivity contribution in [1.82, 2.24) is 9.88 Å². The summed E-state index contributed by atoms with van der Waals surface area (Å²) in [6.07, 6.45) is 7.29. The fourth-order valence-corrected chi connectivity index (χ4v) is 4.74. The Hall–Kier alpha value is -1.65. The molecule has 1 saturated carbocycles. The number of hydrogen-bond acceptors (Lipinski definition) is 4. The molecule has 0 radical (unpaired) electrons. The van der Waals surface area contributed by atoms with Crippen LogP contribution in [0.4, 0.5) is 0 Å². The van der Waals surface area contributed by atoms with Crippen LogP contribution in [-0.4, -0.2) is 27.6 Å². The molecule has 0 bridgehead atoms. The van der Waals surface area contributed by atoms with Gasteiger partial charge in [0, 0.05) is 32.0 Å². The third-order valence-electron chi connectivity index (χ3n) is 5.90. The highest BCUT2D eigenvalue weighted by molar-refractivity contribution is 5.25. The van der Waals surface area contributed by atoms with Gasteiger partial charge in [0.15, 0.2) is 5.89 Å². The monoisotopic (exact) mass is 326 g/mol. The van der Waals surface area contributed by atoms with E-state index in [1.54, 1.807) is 6.26 Å². The van der Waals surface area contributed by atoms with Crippen molar-refractivity contribution in [2.75, 3.05) is 6.54 Å². The summed E-state index contributed by atoms with van der Waals surface area (Å²) >= 11 is 0. The van der Waals surface area contributed by atoms with E-state index in [1.807, 2.05) is 25.1 Å². The molecule has 2 aliphatic rings. The molecule has 0 unspecified atom stereocenters. The van der Waals surface area contributed by atoms with E-state index in [0.717, 1.165) is 49.5 Å². The number of aromatic nitrogens is 1. The first kappa shape index (κ1) is 15.9. The molecule has 1 saturated heterocycles. The molecule has 4 nitrogen and oxygen atoms in total. The minimum absolute atomic E-state index is 0.301. The van der Waals surface area contributed by atoms with Gasteiger partial charge in [-0.05, 0) is 24.8 Å². The first-order valence-corrected chi connectivity index (χ1v) is 9.10. The minimum Gasteiger partial charge on any atom is -0.449 e. The first-order chi connectivity index (χ1) is 11.7. The summed E-state index contributed by atoms with van der Waals surface area (Å²) in [5.41, 5.74) is 1.39. The van der Waals surface area contributed by atoms with E-state index >= 15 is 0 Å². The molecule has 0 spiro atoms. The van der Waals surface area contributed by atoms with Crippen LogP contribution in [0.1, 0.15) is 49.3 Å². The second kappa shape index (κ2) is 6.34. The Morgan fingerprint density at radius 1 is 1.25 bits per heavy atom. The maximum absolute atomic E-state index is 11.6. The Morgan fingerprint density at radius 2 is 2.04 bits per heavy atom. The van der Waals surface area contributed by atoms with Crippen LogP contribution < -0.4 is 0 Å². The number of benzene rings is 1. The number of nitrogens with zero attached hydrogens (tertiary/aromatic N) is 2. The first-order valence-electron chi connectivity index (χ1n) is 9.10. The number of rotatable bonds is 3. The van der Waals surface area contributed by atoms with Crippen molar-refractivity contribution in [2.24, 2.45) is 5.92 Å². The van der Waals surface area contributed by atoms with Gasteiger partial charge in [-0.3, -0.25) is 4.90 Å². The van der Waals surface area contributed by atoms with E-state index in [4.69, 9.17) is 4.42 Å². The summed E-state index contributed by atoms with van der Waals surface area (Å²) in [6.45, 7) is 3.61. The van der Waals surface area contributed by atoms with Crippen molar-refractivity contribution in [2.45, 2.75) is 57.2 Å². The maximum atomic E-state index is 11.6. The Kier molecular flexibility index (Phi) is 4.19. The van der Waals surface area contributed by atoms with E-state index < -0.39 is 5.60 Å². The molecule has 1 aromatic heterocycles. The highest BCUT2D eigenvalue weighted by atomic mass is 16.3. The zero-order valence-corrected chi connectivity index (χ0v) is 14.3. The van der Waals surface area contributed by atoms with Gasteiger partial charge in [0.2, 0.25) is 0 Å². The molecule has 0 amide bonds. The lowest BCUT2D eigenvalue weighted by molar-refractivity contribution is -0.123. The van der Waals surface area contributed by atoms with Gasteiger partial charge < -0.3 is 9.52 Å². The molecular formula is C20H26N2O2. The number of fused-ring (bicyclic) bond motifs is 1. The van der Waals surface area contributed by atoms with Crippen LogP contribution in [0.5, 0.6) is 0 Å². The number of aliphatic hydroxyl groups is 1. The van der Waals surface area contributed by atoms with Crippen molar-refractivity contribution in [3.63, 3.8) is 0 Å². The topological polar surface area (TPSA) is 49.5 Å². The Labute approximate surface area is 143 Å². The molecule has 1 aliphatic heterocycles. The normalized spacial score (nSPS) is 30.9.